The quantitative estimate of drug-likeness (QED) is 0.294. The van der Waals surface area contributed by atoms with Crippen molar-refractivity contribution in [2.24, 2.45) is 4.99 Å². The molecular weight excluding hydrogens is 413 g/mol. The van der Waals surface area contributed by atoms with Crippen LogP contribution in [0.1, 0.15) is 44.1 Å². The summed E-state index contributed by atoms with van der Waals surface area (Å²) in [6.45, 7) is 0.982. The lowest BCUT2D eigenvalue weighted by atomic mass is 9.96. The Bertz CT molecular complexity index is 509. The number of aliphatic imine (C=N–C) groups is 1. The summed E-state index contributed by atoms with van der Waals surface area (Å²) >= 11 is 0. The largest absolute Gasteiger partial charge is 0.373 e. The average Bonchev–Trinajstić information content (AvgIpc) is 3.20. The smallest absolute Gasteiger partial charge is 0.191 e. The molecule has 2 aliphatic rings. The molecule has 2 N–H and O–H groups in total. The van der Waals surface area contributed by atoms with Gasteiger partial charge >= 0.3 is 0 Å². The monoisotopic (exact) mass is 443 g/mol. The first-order chi connectivity index (χ1) is 11.3. The number of nitrogens with zero attached hydrogens (tertiary/aromatic N) is 1. The molecular formula is C19H30IN3O. The molecule has 0 radical (unpaired) electrons. The maximum absolute atomic E-state index is 5.88. The number of benzene rings is 1. The summed E-state index contributed by atoms with van der Waals surface area (Å²) < 4.78 is 5.88. The molecule has 0 aliphatic carbocycles. The van der Waals surface area contributed by atoms with E-state index in [2.05, 4.69) is 46.0 Å². The SMILES string of the molecule is CN=C(NCCCCCc1ccccc1)NC1CC2CCC1O2.I. The maximum Gasteiger partial charge on any atom is 0.191 e. The van der Waals surface area contributed by atoms with Crippen LogP contribution < -0.4 is 10.6 Å². The van der Waals surface area contributed by atoms with E-state index >= 15 is 0 Å². The van der Waals surface area contributed by atoms with E-state index in [1.54, 1.807) is 0 Å². The molecule has 1 aromatic rings. The Morgan fingerprint density at radius 2 is 2.00 bits per heavy atom. The number of halogens is 1. The standard InChI is InChI=1S/C19H29N3O.HI/c1-20-19(22-17-14-16-11-12-18(17)23-16)21-13-7-3-6-10-15-8-4-2-5-9-15;/h2,4-5,8-9,16-18H,3,6-7,10-14H2,1H3,(H2,20,21,22);1H. The van der Waals surface area contributed by atoms with Gasteiger partial charge in [-0.25, -0.2) is 0 Å². The molecule has 2 saturated heterocycles. The Hall–Kier alpha value is -0.820. The van der Waals surface area contributed by atoms with Gasteiger partial charge in [0.1, 0.15) is 0 Å². The van der Waals surface area contributed by atoms with Gasteiger partial charge in [0.05, 0.1) is 18.2 Å². The van der Waals surface area contributed by atoms with Gasteiger partial charge in [-0.15, -0.1) is 24.0 Å². The first-order valence-electron chi connectivity index (χ1n) is 9.02. The second kappa shape index (κ2) is 10.2. The third-order valence-corrected chi connectivity index (χ3v) is 4.93. The Morgan fingerprint density at radius 3 is 2.67 bits per heavy atom. The molecule has 4 nitrogen and oxygen atoms in total. The Labute approximate surface area is 162 Å². The molecule has 134 valence electrons. The third kappa shape index (κ3) is 5.62. The molecule has 0 aromatic heterocycles. The zero-order chi connectivity index (χ0) is 15.9. The summed E-state index contributed by atoms with van der Waals surface area (Å²) in [6, 6.07) is 11.2. The minimum atomic E-state index is 0. The second-order valence-electron chi connectivity index (χ2n) is 6.66. The van der Waals surface area contributed by atoms with Crippen molar-refractivity contribution in [3.63, 3.8) is 0 Å². The van der Waals surface area contributed by atoms with Crippen LogP contribution in [0.25, 0.3) is 0 Å². The molecule has 2 bridgehead atoms. The first-order valence-corrected chi connectivity index (χ1v) is 9.02. The number of ether oxygens (including phenoxy) is 1. The van der Waals surface area contributed by atoms with Crippen LogP contribution in [0.15, 0.2) is 35.3 Å². The van der Waals surface area contributed by atoms with Crippen molar-refractivity contribution in [2.45, 2.75) is 63.2 Å². The van der Waals surface area contributed by atoms with Gasteiger partial charge in [0.2, 0.25) is 0 Å². The summed E-state index contributed by atoms with van der Waals surface area (Å²) in [5.74, 6) is 0.925. The van der Waals surface area contributed by atoms with E-state index in [0.29, 0.717) is 18.2 Å². The summed E-state index contributed by atoms with van der Waals surface area (Å²) in [5, 5.41) is 6.97. The van der Waals surface area contributed by atoms with E-state index in [1.807, 2.05) is 7.05 Å². The van der Waals surface area contributed by atoms with E-state index in [-0.39, 0.29) is 24.0 Å². The van der Waals surface area contributed by atoms with Crippen LogP contribution >= 0.6 is 24.0 Å². The molecule has 0 saturated carbocycles. The summed E-state index contributed by atoms with van der Waals surface area (Å²) in [4.78, 5) is 4.34. The highest BCUT2D eigenvalue weighted by atomic mass is 127. The predicted molar refractivity (Wildman–Crippen MR) is 110 cm³/mol. The molecule has 3 unspecified atom stereocenters. The molecule has 1 aromatic carbocycles. The molecule has 3 atom stereocenters. The summed E-state index contributed by atoms with van der Waals surface area (Å²) in [6.07, 6.45) is 9.28. The van der Waals surface area contributed by atoms with Gasteiger partial charge in [-0.2, -0.15) is 0 Å². The molecule has 2 heterocycles. The highest BCUT2D eigenvalue weighted by molar-refractivity contribution is 14.0. The fourth-order valence-corrected chi connectivity index (χ4v) is 3.64. The van der Waals surface area contributed by atoms with Crippen molar-refractivity contribution in [1.29, 1.82) is 0 Å². The number of nitrogens with one attached hydrogen (secondary N) is 2. The van der Waals surface area contributed by atoms with Crippen LogP contribution in [0.2, 0.25) is 0 Å². The molecule has 3 rings (SSSR count). The Balaban J connectivity index is 0.00000208. The average molecular weight is 443 g/mol. The van der Waals surface area contributed by atoms with Crippen molar-refractivity contribution >= 4 is 29.9 Å². The topological polar surface area (TPSA) is 45.7 Å². The van der Waals surface area contributed by atoms with Gasteiger partial charge in [-0.3, -0.25) is 4.99 Å². The number of hydrogen-bond donors (Lipinski definition) is 2. The van der Waals surface area contributed by atoms with Gasteiger partial charge in [-0.1, -0.05) is 36.8 Å². The summed E-state index contributed by atoms with van der Waals surface area (Å²) in [5.41, 5.74) is 1.44. The van der Waals surface area contributed by atoms with Crippen LogP contribution in [0.4, 0.5) is 0 Å². The Morgan fingerprint density at radius 1 is 1.17 bits per heavy atom. The van der Waals surface area contributed by atoms with Crippen molar-refractivity contribution in [2.75, 3.05) is 13.6 Å². The minimum absolute atomic E-state index is 0. The molecule has 0 spiro atoms. The van der Waals surface area contributed by atoms with Gasteiger partial charge < -0.3 is 15.4 Å². The van der Waals surface area contributed by atoms with Crippen LogP contribution in [-0.2, 0) is 11.2 Å². The highest BCUT2D eigenvalue weighted by Crippen LogP contribution is 2.34. The number of aryl methyl sites for hydroxylation is 1. The van der Waals surface area contributed by atoms with Crippen LogP contribution in [0, 0.1) is 0 Å². The predicted octanol–water partition coefficient (Wildman–Crippen LogP) is 3.50. The third-order valence-electron chi connectivity index (χ3n) is 4.93. The van der Waals surface area contributed by atoms with Gasteiger partial charge in [0, 0.05) is 13.6 Å². The van der Waals surface area contributed by atoms with E-state index < -0.39 is 0 Å². The van der Waals surface area contributed by atoms with Crippen molar-refractivity contribution < 1.29 is 4.74 Å². The zero-order valence-corrected chi connectivity index (χ0v) is 16.9. The van der Waals surface area contributed by atoms with Crippen LogP contribution in [-0.4, -0.2) is 37.8 Å². The minimum Gasteiger partial charge on any atom is -0.373 e. The first kappa shape index (κ1) is 19.5. The summed E-state index contributed by atoms with van der Waals surface area (Å²) in [7, 11) is 1.85. The maximum atomic E-state index is 5.88. The molecule has 5 heteroatoms. The van der Waals surface area contributed by atoms with Gasteiger partial charge in [0.25, 0.3) is 0 Å². The van der Waals surface area contributed by atoms with Gasteiger partial charge in [-0.05, 0) is 44.1 Å². The van der Waals surface area contributed by atoms with E-state index in [0.717, 1.165) is 18.9 Å². The lowest BCUT2D eigenvalue weighted by Gasteiger charge is -2.22. The number of unbranched alkanes of at least 4 members (excludes halogenated alkanes) is 2. The molecule has 24 heavy (non-hydrogen) atoms. The van der Waals surface area contributed by atoms with Crippen LogP contribution in [0.5, 0.6) is 0 Å². The lowest BCUT2D eigenvalue weighted by Crippen LogP contribution is -2.47. The number of guanidine groups is 1. The Kier molecular flexibility index (Phi) is 8.32. The molecule has 2 fully saturated rings. The zero-order valence-electron chi connectivity index (χ0n) is 14.5. The number of hydrogen-bond acceptors (Lipinski definition) is 2. The molecule has 2 aliphatic heterocycles. The molecule has 0 amide bonds. The fraction of sp³-hybridized carbons (Fsp3) is 0.632. The number of rotatable bonds is 7. The van der Waals surface area contributed by atoms with E-state index in [1.165, 1.54) is 44.1 Å². The van der Waals surface area contributed by atoms with Crippen molar-refractivity contribution in [3.8, 4) is 0 Å². The highest BCUT2D eigenvalue weighted by Gasteiger charge is 2.40. The normalized spacial score (nSPS) is 25.4. The number of fused-ring (bicyclic) bond motifs is 2. The fourth-order valence-electron chi connectivity index (χ4n) is 3.64. The van der Waals surface area contributed by atoms with E-state index in [4.69, 9.17) is 4.74 Å². The van der Waals surface area contributed by atoms with Gasteiger partial charge in [0.15, 0.2) is 5.96 Å². The lowest BCUT2D eigenvalue weighted by molar-refractivity contribution is 0.0992. The second-order valence-corrected chi connectivity index (χ2v) is 6.66. The van der Waals surface area contributed by atoms with Crippen molar-refractivity contribution in [1.82, 2.24) is 10.6 Å². The van der Waals surface area contributed by atoms with E-state index in [9.17, 15) is 0 Å². The van der Waals surface area contributed by atoms with Crippen molar-refractivity contribution in [3.05, 3.63) is 35.9 Å². The van der Waals surface area contributed by atoms with Crippen LogP contribution in [0.3, 0.4) is 0 Å².